The number of nitrogens with zero attached hydrogens (tertiary/aromatic N) is 3. The first-order valence-corrected chi connectivity index (χ1v) is 13.4. The van der Waals surface area contributed by atoms with Crippen LogP contribution in [0.1, 0.15) is 70.3 Å². The van der Waals surface area contributed by atoms with Crippen LogP contribution in [0.25, 0.3) is 0 Å². The number of likely N-dealkylation sites (tertiary alicyclic amines) is 1. The van der Waals surface area contributed by atoms with Gasteiger partial charge in [0.05, 0.1) is 4.90 Å². The molecule has 3 fully saturated rings. The van der Waals surface area contributed by atoms with Gasteiger partial charge in [-0.2, -0.15) is 4.31 Å². The monoisotopic (exact) mass is 447 g/mol. The molecule has 0 aromatic heterocycles. The Balaban J connectivity index is 1.40. The fourth-order valence-electron chi connectivity index (χ4n) is 5.80. The highest BCUT2D eigenvalue weighted by Crippen LogP contribution is 2.34. The molecule has 4 rings (SSSR count). The minimum absolute atomic E-state index is 0.0107. The summed E-state index contributed by atoms with van der Waals surface area (Å²) in [6.45, 7) is 7.83. The summed E-state index contributed by atoms with van der Waals surface area (Å²) in [5, 5.41) is 0. The van der Waals surface area contributed by atoms with E-state index < -0.39 is 10.0 Å². The summed E-state index contributed by atoms with van der Waals surface area (Å²) in [6, 6.07) is 7.67. The molecule has 1 saturated carbocycles. The molecule has 0 spiro atoms. The van der Waals surface area contributed by atoms with Crippen LogP contribution in [0.3, 0.4) is 0 Å². The molecule has 0 N–H and O–H groups in total. The molecule has 1 unspecified atom stereocenters. The number of carbonyl (C=O) groups excluding carboxylic acids is 1. The third-order valence-corrected chi connectivity index (χ3v) is 9.85. The van der Waals surface area contributed by atoms with Crippen molar-refractivity contribution in [2.24, 2.45) is 0 Å². The van der Waals surface area contributed by atoms with Crippen molar-refractivity contribution in [3.63, 3.8) is 0 Å². The highest BCUT2D eigenvalue weighted by molar-refractivity contribution is 7.89. The fraction of sp³-hybridized carbons (Fsp3) is 0.708. The summed E-state index contributed by atoms with van der Waals surface area (Å²) in [5.74, 6) is 0.716. The minimum atomic E-state index is -3.47. The Morgan fingerprint density at radius 1 is 1.00 bits per heavy atom. The van der Waals surface area contributed by atoms with Crippen LogP contribution >= 0.6 is 0 Å². The van der Waals surface area contributed by atoms with Crippen molar-refractivity contribution >= 4 is 15.9 Å². The molecule has 1 aliphatic carbocycles. The predicted molar refractivity (Wildman–Crippen MR) is 122 cm³/mol. The topological polar surface area (TPSA) is 60.9 Å². The second-order valence-electron chi connectivity index (χ2n) is 9.56. The number of amides is 1. The van der Waals surface area contributed by atoms with Crippen LogP contribution in [0.4, 0.5) is 0 Å². The van der Waals surface area contributed by atoms with Crippen LogP contribution in [0.2, 0.25) is 0 Å². The van der Waals surface area contributed by atoms with Gasteiger partial charge in [0, 0.05) is 51.7 Å². The summed E-state index contributed by atoms with van der Waals surface area (Å²) < 4.78 is 28.1. The Morgan fingerprint density at radius 2 is 1.65 bits per heavy atom. The van der Waals surface area contributed by atoms with Crippen molar-refractivity contribution in [3.05, 3.63) is 29.8 Å². The van der Waals surface area contributed by atoms with Crippen LogP contribution in [0.5, 0.6) is 0 Å². The van der Waals surface area contributed by atoms with Crippen molar-refractivity contribution in [1.82, 2.24) is 14.1 Å². The molecule has 0 radical (unpaired) electrons. The van der Waals surface area contributed by atoms with E-state index in [0.29, 0.717) is 23.9 Å². The van der Waals surface area contributed by atoms with E-state index in [4.69, 9.17) is 0 Å². The van der Waals surface area contributed by atoms with Crippen molar-refractivity contribution in [2.75, 3.05) is 39.3 Å². The van der Waals surface area contributed by atoms with Crippen LogP contribution in [-0.2, 0) is 14.8 Å². The average Bonchev–Trinajstić information content (AvgIpc) is 3.26. The van der Waals surface area contributed by atoms with Gasteiger partial charge in [0.15, 0.2) is 0 Å². The normalized spacial score (nSPS) is 27.0. The Labute approximate surface area is 187 Å². The highest BCUT2D eigenvalue weighted by atomic mass is 32.2. The number of piperazine rings is 1. The Morgan fingerprint density at radius 3 is 2.19 bits per heavy atom. The Bertz CT molecular complexity index is 872. The van der Waals surface area contributed by atoms with Gasteiger partial charge >= 0.3 is 0 Å². The number of carbonyl (C=O) groups is 1. The number of rotatable bonds is 5. The molecule has 7 heteroatoms. The smallest absolute Gasteiger partial charge is 0.243 e. The maximum absolute atomic E-state index is 13.2. The Hall–Kier alpha value is -1.44. The maximum atomic E-state index is 13.2. The fourth-order valence-corrected chi connectivity index (χ4v) is 7.22. The van der Waals surface area contributed by atoms with Crippen molar-refractivity contribution in [3.8, 4) is 0 Å². The van der Waals surface area contributed by atoms with E-state index in [0.717, 1.165) is 39.0 Å². The Kier molecular flexibility index (Phi) is 6.75. The van der Waals surface area contributed by atoms with Gasteiger partial charge in [-0.3, -0.25) is 9.69 Å². The molecule has 31 heavy (non-hydrogen) atoms. The SMILES string of the molecule is CCC1(N2CCN(S(=O)(=O)c3ccc(C4CCCCC4)cc3)CC2)CCN(C(C)=O)C1. The first-order valence-electron chi connectivity index (χ1n) is 12.0. The van der Waals surface area contributed by atoms with Gasteiger partial charge in [0.1, 0.15) is 0 Å². The van der Waals surface area contributed by atoms with E-state index in [9.17, 15) is 13.2 Å². The largest absolute Gasteiger partial charge is 0.341 e. The van der Waals surface area contributed by atoms with E-state index in [1.54, 1.807) is 23.4 Å². The second-order valence-corrected chi connectivity index (χ2v) is 11.5. The van der Waals surface area contributed by atoms with Crippen molar-refractivity contribution in [2.45, 2.75) is 75.1 Å². The summed E-state index contributed by atoms with van der Waals surface area (Å²) in [6.07, 6.45) is 8.26. The number of sulfonamides is 1. The molecule has 0 bridgehead atoms. The molecule has 1 aromatic rings. The van der Waals surface area contributed by atoms with Gasteiger partial charge in [-0.15, -0.1) is 0 Å². The van der Waals surface area contributed by atoms with E-state index >= 15 is 0 Å². The second kappa shape index (κ2) is 9.20. The molecule has 2 heterocycles. The minimum Gasteiger partial charge on any atom is -0.341 e. The lowest BCUT2D eigenvalue weighted by atomic mass is 9.84. The summed E-state index contributed by atoms with van der Waals surface area (Å²) >= 11 is 0. The van der Waals surface area contributed by atoms with Crippen molar-refractivity contribution in [1.29, 1.82) is 0 Å². The summed E-state index contributed by atoms with van der Waals surface area (Å²) in [4.78, 5) is 16.6. The third kappa shape index (κ3) is 4.55. The van der Waals surface area contributed by atoms with Crippen LogP contribution in [0, 0.1) is 0 Å². The molecule has 6 nitrogen and oxygen atoms in total. The summed E-state index contributed by atoms with van der Waals surface area (Å²) in [5.41, 5.74) is 1.27. The predicted octanol–water partition coefficient (Wildman–Crippen LogP) is 3.44. The van der Waals surface area contributed by atoms with Gasteiger partial charge in [-0.25, -0.2) is 8.42 Å². The van der Waals surface area contributed by atoms with E-state index in [1.165, 1.54) is 37.7 Å². The molecule has 172 valence electrons. The van der Waals surface area contributed by atoms with Crippen LogP contribution in [0.15, 0.2) is 29.2 Å². The van der Waals surface area contributed by atoms with Crippen molar-refractivity contribution < 1.29 is 13.2 Å². The van der Waals surface area contributed by atoms with Gasteiger partial charge in [-0.05, 0) is 49.3 Å². The number of hydrogen-bond acceptors (Lipinski definition) is 4. The van der Waals surface area contributed by atoms with Gasteiger partial charge in [0.25, 0.3) is 0 Å². The molecular weight excluding hydrogens is 410 g/mol. The zero-order valence-corrected chi connectivity index (χ0v) is 19.9. The third-order valence-electron chi connectivity index (χ3n) is 7.94. The number of benzene rings is 1. The zero-order valence-electron chi connectivity index (χ0n) is 19.1. The lowest BCUT2D eigenvalue weighted by Crippen LogP contribution is -2.58. The molecular formula is C24H37N3O3S. The standard InChI is InChI=1S/C24H37N3O3S/c1-3-24(13-14-25(19-24)20(2)28)26-15-17-27(18-16-26)31(29,30)23-11-9-22(10-12-23)21-7-5-4-6-8-21/h9-12,21H,3-8,13-19H2,1-2H3. The lowest BCUT2D eigenvalue weighted by Gasteiger charge is -2.45. The molecule has 1 aromatic carbocycles. The zero-order chi connectivity index (χ0) is 22.1. The van der Waals surface area contributed by atoms with E-state index in [2.05, 4.69) is 11.8 Å². The molecule has 1 amide bonds. The maximum Gasteiger partial charge on any atom is 0.243 e. The van der Waals surface area contributed by atoms with Gasteiger partial charge < -0.3 is 4.90 Å². The number of hydrogen-bond donors (Lipinski definition) is 0. The molecule has 1 atom stereocenters. The highest BCUT2D eigenvalue weighted by Gasteiger charge is 2.44. The quantitative estimate of drug-likeness (QED) is 0.694. The van der Waals surface area contributed by atoms with Gasteiger partial charge in [0.2, 0.25) is 15.9 Å². The first kappa shape index (κ1) is 22.7. The van der Waals surface area contributed by atoms with Crippen LogP contribution < -0.4 is 0 Å². The van der Waals surface area contributed by atoms with E-state index in [-0.39, 0.29) is 11.4 Å². The lowest BCUT2D eigenvalue weighted by molar-refractivity contribution is -0.128. The van der Waals surface area contributed by atoms with E-state index in [1.807, 2.05) is 17.0 Å². The van der Waals surface area contributed by atoms with Gasteiger partial charge in [-0.1, -0.05) is 38.3 Å². The average molecular weight is 448 g/mol. The molecule has 3 aliphatic rings. The molecule has 2 aliphatic heterocycles. The van der Waals surface area contributed by atoms with Crippen LogP contribution in [-0.4, -0.2) is 73.2 Å². The summed E-state index contributed by atoms with van der Waals surface area (Å²) in [7, 11) is -3.47. The first-order chi connectivity index (χ1) is 14.9. The molecule has 2 saturated heterocycles.